The highest BCUT2D eigenvalue weighted by atomic mass is 16.6. The maximum atomic E-state index is 12.4. The van der Waals surface area contributed by atoms with Crippen LogP contribution >= 0.6 is 0 Å². The number of benzene rings is 1. The van der Waals surface area contributed by atoms with Gasteiger partial charge in [-0.1, -0.05) is 44.2 Å². The molecule has 3 amide bonds. The van der Waals surface area contributed by atoms with Gasteiger partial charge in [0, 0.05) is 6.42 Å². The highest BCUT2D eigenvalue weighted by Gasteiger charge is 2.26. The van der Waals surface area contributed by atoms with Crippen molar-refractivity contribution in [2.75, 3.05) is 6.61 Å². The first kappa shape index (κ1) is 24.1. The third-order valence-corrected chi connectivity index (χ3v) is 3.86. The number of amides is 3. The van der Waals surface area contributed by atoms with E-state index in [1.807, 2.05) is 44.2 Å². The lowest BCUT2D eigenvalue weighted by molar-refractivity contribution is -0.142. The molecule has 0 bridgehead atoms. The number of carbonyl (C=O) groups is 4. The van der Waals surface area contributed by atoms with Gasteiger partial charge >= 0.3 is 5.97 Å². The zero-order valence-corrected chi connectivity index (χ0v) is 16.9. The van der Waals surface area contributed by atoms with Gasteiger partial charge in [0.1, 0.15) is 12.1 Å². The summed E-state index contributed by atoms with van der Waals surface area (Å²) in [6, 6.07) is 6.97. The molecule has 0 aliphatic rings. The largest absolute Gasteiger partial charge is 0.480 e. The molecule has 1 rings (SSSR count). The van der Waals surface area contributed by atoms with Gasteiger partial charge in [-0.25, -0.2) is 5.48 Å². The average Bonchev–Trinajstić information content (AvgIpc) is 2.66. The molecular formula is C20H29N3O6. The number of carbonyl (C=O) groups excluding carboxylic acids is 3. The molecule has 2 atom stereocenters. The van der Waals surface area contributed by atoms with Gasteiger partial charge in [0.15, 0.2) is 0 Å². The minimum absolute atomic E-state index is 0.119. The summed E-state index contributed by atoms with van der Waals surface area (Å²) in [6.07, 6.45) is 0.206. The number of aliphatic carboxylic acids is 1. The van der Waals surface area contributed by atoms with E-state index in [0.29, 0.717) is 13.0 Å². The lowest BCUT2D eigenvalue weighted by Crippen LogP contribution is -2.52. The maximum Gasteiger partial charge on any atom is 0.325 e. The SMILES string of the molecule is CC(C)CONC(=O)CC(NC(=O)CCc1ccccc1)C(=O)N[C@@H](C)C(=O)O. The zero-order chi connectivity index (χ0) is 21.8. The van der Waals surface area contributed by atoms with Crippen molar-refractivity contribution in [3.8, 4) is 0 Å². The Bertz CT molecular complexity index is 693. The molecule has 0 aliphatic heterocycles. The molecule has 9 nitrogen and oxygen atoms in total. The molecular weight excluding hydrogens is 378 g/mol. The Morgan fingerprint density at radius 2 is 1.66 bits per heavy atom. The van der Waals surface area contributed by atoms with Crippen LogP contribution < -0.4 is 16.1 Å². The number of hydroxylamine groups is 1. The van der Waals surface area contributed by atoms with Gasteiger partial charge in [-0.2, -0.15) is 0 Å². The molecule has 0 saturated heterocycles. The zero-order valence-electron chi connectivity index (χ0n) is 16.9. The summed E-state index contributed by atoms with van der Waals surface area (Å²) in [5.74, 6) is -2.81. The van der Waals surface area contributed by atoms with Crippen LogP contribution in [0.25, 0.3) is 0 Å². The van der Waals surface area contributed by atoms with Crippen LogP contribution in [0.4, 0.5) is 0 Å². The molecule has 0 heterocycles. The van der Waals surface area contributed by atoms with E-state index in [1.54, 1.807) is 0 Å². The molecule has 9 heteroatoms. The fourth-order valence-electron chi connectivity index (χ4n) is 2.27. The lowest BCUT2D eigenvalue weighted by atomic mass is 10.1. The summed E-state index contributed by atoms with van der Waals surface area (Å²) in [4.78, 5) is 52.7. The third-order valence-electron chi connectivity index (χ3n) is 3.86. The number of nitrogens with one attached hydrogen (secondary N) is 3. The van der Waals surface area contributed by atoms with Crippen LogP contribution in [0.5, 0.6) is 0 Å². The van der Waals surface area contributed by atoms with Crippen molar-refractivity contribution in [3.05, 3.63) is 35.9 Å². The topological polar surface area (TPSA) is 134 Å². The van der Waals surface area contributed by atoms with E-state index in [2.05, 4.69) is 16.1 Å². The fourth-order valence-corrected chi connectivity index (χ4v) is 2.27. The Labute approximate surface area is 170 Å². The summed E-state index contributed by atoms with van der Waals surface area (Å²) in [5.41, 5.74) is 3.18. The maximum absolute atomic E-state index is 12.4. The Kier molecular flexibility index (Phi) is 10.4. The number of carboxylic acids is 1. The van der Waals surface area contributed by atoms with E-state index in [-0.39, 0.29) is 18.8 Å². The van der Waals surface area contributed by atoms with Crippen LogP contribution in [0, 0.1) is 5.92 Å². The van der Waals surface area contributed by atoms with Crippen molar-refractivity contribution in [1.82, 2.24) is 16.1 Å². The average molecular weight is 407 g/mol. The van der Waals surface area contributed by atoms with E-state index in [1.165, 1.54) is 6.92 Å². The number of hydrogen-bond acceptors (Lipinski definition) is 5. The minimum atomic E-state index is -1.22. The predicted octanol–water partition coefficient (Wildman–Crippen LogP) is 0.787. The standard InChI is InChI=1S/C20H29N3O6/c1-13(2)12-29-23-18(25)11-16(19(26)21-14(3)20(27)28)22-17(24)10-9-15-7-5-4-6-8-15/h4-8,13-14,16H,9-12H2,1-3H3,(H,21,26)(H,22,24)(H,23,25)(H,27,28)/t14-,16?/m0/s1. The molecule has 0 fully saturated rings. The second kappa shape index (κ2) is 12.5. The molecule has 29 heavy (non-hydrogen) atoms. The summed E-state index contributed by atoms with van der Waals surface area (Å²) in [6.45, 7) is 5.40. The smallest absolute Gasteiger partial charge is 0.325 e. The molecule has 4 N–H and O–H groups in total. The van der Waals surface area contributed by atoms with Crippen LogP contribution in [0.3, 0.4) is 0 Å². The van der Waals surface area contributed by atoms with Gasteiger partial charge in [0.25, 0.3) is 0 Å². The van der Waals surface area contributed by atoms with Gasteiger partial charge in [0.05, 0.1) is 13.0 Å². The fraction of sp³-hybridized carbons (Fsp3) is 0.500. The summed E-state index contributed by atoms with van der Waals surface area (Å²) in [5, 5.41) is 13.7. The minimum Gasteiger partial charge on any atom is -0.480 e. The molecule has 1 aromatic rings. The van der Waals surface area contributed by atoms with Gasteiger partial charge < -0.3 is 15.7 Å². The first-order valence-corrected chi connectivity index (χ1v) is 9.46. The predicted molar refractivity (Wildman–Crippen MR) is 105 cm³/mol. The van der Waals surface area contributed by atoms with Crippen LogP contribution in [-0.2, 0) is 30.4 Å². The van der Waals surface area contributed by atoms with Gasteiger partial charge in [-0.15, -0.1) is 0 Å². The molecule has 1 aromatic carbocycles. The number of carboxylic acid groups (broad SMARTS) is 1. The van der Waals surface area contributed by atoms with Crippen LogP contribution in [0.1, 0.15) is 39.2 Å². The third kappa shape index (κ3) is 10.2. The molecule has 0 aromatic heterocycles. The van der Waals surface area contributed by atoms with Gasteiger partial charge in [-0.3, -0.25) is 24.0 Å². The van der Waals surface area contributed by atoms with Gasteiger partial charge in [-0.05, 0) is 24.8 Å². The van der Waals surface area contributed by atoms with Crippen molar-refractivity contribution < 1.29 is 29.1 Å². The van der Waals surface area contributed by atoms with Crippen molar-refractivity contribution in [1.29, 1.82) is 0 Å². The molecule has 160 valence electrons. The second-order valence-corrected chi connectivity index (χ2v) is 7.11. The second-order valence-electron chi connectivity index (χ2n) is 7.11. The Morgan fingerprint density at radius 1 is 1.00 bits per heavy atom. The van der Waals surface area contributed by atoms with Crippen molar-refractivity contribution in [2.24, 2.45) is 5.92 Å². The molecule has 0 radical (unpaired) electrons. The van der Waals surface area contributed by atoms with Crippen molar-refractivity contribution >= 4 is 23.7 Å². The van der Waals surface area contributed by atoms with Crippen LogP contribution in [0.15, 0.2) is 30.3 Å². The van der Waals surface area contributed by atoms with Crippen molar-refractivity contribution in [2.45, 2.75) is 52.1 Å². The lowest BCUT2D eigenvalue weighted by Gasteiger charge is -2.20. The number of aryl methyl sites for hydroxylation is 1. The Balaban J connectivity index is 2.67. The molecule has 1 unspecified atom stereocenters. The van der Waals surface area contributed by atoms with Crippen LogP contribution in [0.2, 0.25) is 0 Å². The number of hydrogen-bond donors (Lipinski definition) is 4. The normalized spacial score (nSPS) is 12.7. The molecule has 0 spiro atoms. The van der Waals surface area contributed by atoms with E-state index >= 15 is 0 Å². The summed E-state index contributed by atoms with van der Waals surface area (Å²) in [7, 11) is 0. The first-order valence-electron chi connectivity index (χ1n) is 9.46. The molecule has 0 saturated carbocycles. The quantitative estimate of drug-likeness (QED) is 0.379. The van der Waals surface area contributed by atoms with E-state index < -0.39 is 35.8 Å². The first-order chi connectivity index (χ1) is 13.7. The van der Waals surface area contributed by atoms with E-state index in [0.717, 1.165) is 5.56 Å². The monoisotopic (exact) mass is 407 g/mol. The van der Waals surface area contributed by atoms with E-state index in [4.69, 9.17) is 9.94 Å². The number of rotatable bonds is 12. The van der Waals surface area contributed by atoms with Crippen molar-refractivity contribution in [3.63, 3.8) is 0 Å². The summed E-state index contributed by atoms with van der Waals surface area (Å²) < 4.78 is 0. The van der Waals surface area contributed by atoms with E-state index in [9.17, 15) is 19.2 Å². The Hall–Kier alpha value is -2.94. The highest BCUT2D eigenvalue weighted by molar-refractivity contribution is 5.93. The highest BCUT2D eigenvalue weighted by Crippen LogP contribution is 2.03. The summed E-state index contributed by atoms with van der Waals surface area (Å²) >= 11 is 0. The molecule has 0 aliphatic carbocycles. The van der Waals surface area contributed by atoms with Crippen LogP contribution in [-0.4, -0.2) is 47.5 Å². The Morgan fingerprint density at radius 3 is 2.24 bits per heavy atom. The van der Waals surface area contributed by atoms with Gasteiger partial charge in [0.2, 0.25) is 17.7 Å².